The smallest absolute Gasteiger partial charge is 0.135 e. The van der Waals surface area contributed by atoms with Gasteiger partial charge in [0.05, 0.1) is 6.61 Å². The summed E-state index contributed by atoms with van der Waals surface area (Å²) in [5.74, 6) is -0.299. The van der Waals surface area contributed by atoms with E-state index in [0.717, 1.165) is 30.8 Å². The Morgan fingerprint density at radius 3 is 1.84 bits per heavy atom. The average molecular weight is 345 g/mol. The van der Waals surface area contributed by atoms with Crippen LogP contribution in [0.3, 0.4) is 0 Å². The quantitative estimate of drug-likeness (QED) is 0.799. The average Bonchev–Trinajstić information content (AvgIpc) is 2.62. The fourth-order valence-corrected chi connectivity index (χ4v) is 2.99. The van der Waals surface area contributed by atoms with Crippen LogP contribution < -0.4 is 0 Å². The number of nitrogens with zero attached hydrogens (tertiary/aromatic N) is 1. The fourth-order valence-electron chi connectivity index (χ4n) is 2.99. The molecule has 0 atom stereocenters. The van der Waals surface area contributed by atoms with Crippen molar-refractivity contribution in [3.63, 3.8) is 0 Å². The van der Waals surface area contributed by atoms with E-state index in [9.17, 15) is 13.6 Å². The molecule has 1 aliphatic rings. The number of piperidine rings is 1. The molecule has 0 radical (unpaired) electrons. The SMILES string of the molecule is O=C1CCN(CCOC(c2ccc(F)cc2)c2ccc(F)cc2)CC1. The molecule has 2 aromatic carbocycles. The van der Waals surface area contributed by atoms with E-state index in [2.05, 4.69) is 4.90 Å². The summed E-state index contributed by atoms with van der Waals surface area (Å²) in [6, 6.07) is 12.3. The van der Waals surface area contributed by atoms with Crippen molar-refractivity contribution in [1.82, 2.24) is 4.90 Å². The van der Waals surface area contributed by atoms with Crippen LogP contribution in [0, 0.1) is 11.6 Å². The van der Waals surface area contributed by atoms with E-state index >= 15 is 0 Å². The fraction of sp³-hybridized carbons (Fsp3) is 0.350. The molecule has 1 heterocycles. The molecule has 0 spiro atoms. The predicted molar refractivity (Wildman–Crippen MR) is 91.3 cm³/mol. The summed E-state index contributed by atoms with van der Waals surface area (Å²) in [5.41, 5.74) is 1.64. The topological polar surface area (TPSA) is 29.5 Å². The Morgan fingerprint density at radius 2 is 1.36 bits per heavy atom. The molecule has 132 valence electrons. The highest BCUT2D eigenvalue weighted by Gasteiger charge is 2.18. The summed E-state index contributed by atoms with van der Waals surface area (Å²) in [6.45, 7) is 2.74. The van der Waals surface area contributed by atoms with Gasteiger partial charge in [-0.25, -0.2) is 8.78 Å². The zero-order valence-corrected chi connectivity index (χ0v) is 14.0. The third-order valence-corrected chi connectivity index (χ3v) is 4.45. The monoisotopic (exact) mass is 345 g/mol. The van der Waals surface area contributed by atoms with Crippen LogP contribution in [0.4, 0.5) is 8.78 Å². The van der Waals surface area contributed by atoms with Gasteiger partial charge in [0, 0.05) is 32.5 Å². The van der Waals surface area contributed by atoms with Gasteiger partial charge in [0.15, 0.2) is 0 Å². The van der Waals surface area contributed by atoms with Crippen molar-refractivity contribution in [3.05, 3.63) is 71.3 Å². The molecule has 25 heavy (non-hydrogen) atoms. The summed E-state index contributed by atoms with van der Waals surface area (Å²) in [4.78, 5) is 13.5. The van der Waals surface area contributed by atoms with Gasteiger partial charge in [0.2, 0.25) is 0 Å². The Labute approximate surface area is 146 Å². The van der Waals surface area contributed by atoms with Crippen LogP contribution in [-0.4, -0.2) is 36.9 Å². The number of benzene rings is 2. The van der Waals surface area contributed by atoms with E-state index < -0.39 is 0 Å². The van der Waals surface area contributed by atoms with Gasteiger partial charge < -0.3 is 9.64 Å². The van der Waals surface area contributed by atoms with Crippen molar-refractivity contribution >= 4 is 5.78 Å². The molecule has 0 N–H and O–H groups in total. The number of carbonyl (C=O) groups excluding carboxylic acids is 1. The second-order valence-electron chi connectivity index (χ2n) is 6.23. The van der Waals surface area contributed by atoms with Crippen molar-refractivity contribution in [2.45, 2.75) is 18.9 Å². The minimum Gasteiger partial charge on any atom is -0.367 e. The summed E-state index contributed by atoms with van der Waals surface area (Å²) in [6.07, 6.45) is 0.811. The number of ether oxygens (including phenoxy) is 1. The molecule has 1 saturated heterocycles. The van der Waals surface area contributed by atoms with Crippen LogP contribution in [0.25, 0.3) is 0 Å². The van der Waals surface area contributed by atoms with Crippen molar-refractivity contribution in [3.8, 4) is 0 Å². The molecule has 5 heteroatoms. The third-order valence-electron chi connectivity index (χ3n) is 4.45. The zero-order chi connectivity index (χ0) is 17.6. The maximum Gasteiger partial charge on any atom is 0.135 e. The number of likely N-dealkylation sites (tertiary alicyclic amines) is 1. The molecule has 2 aromatic rings. The molecule has 0 unspecified atom stereocenters. The molecule has 3 nitrogen and oxygen atoms in total. The van der Waals surface area contributed by atoms with Crippen LogP contribution in [0.15, 0.2) is 48.5 Å². The Morgan fingerprint density at radius 1 is 0.880 bits per heavy atom. The van der Waals surface area contributed by atoms with Gasteiger partial charge in [0.1, 0.15) is 23.5 Å². The van der Waals surface area contributed by atoms with Gasteiger partial charge in [-0.1, -0.05) is 24.3 Å². The van der Waals surface area contributed by atoms with Crippen LogP contribution in [0.2, 0.25) is 0 Å². The van der Waals surface area contributed by atoms with Gasteiger partial charge in [-0.2, -0.15) is 0 Å². The Balaban J connectivity index is 1.67. The highest BCUT2D eigenvalue weighted by molar-refractivity contribution is 5.79. The molecule has 0 saturated carbocycles. The lowest BCUT2D eigenvalue weighted by molar-refractivity contribution is -0.121. The molecular weight excluding hydrogens is 324 g/mol. The Kier molecular flexibility index (Phi) is 5.89. The lowest BCUT2D eigenvalue weighted by Crippen LogP contribution is -2.36. The molecule has 0 aliphatic carbocycles. The first-order valence-electron chi connectivity index (χ1n) is 8.48. The number of halogens is 2. The van der Waals surface area contributed by atoms with Gasteiger partial charge in [-0.3, -0.25) is 4.79 Å². The van der Waals surface area contributed by atoms with Gasteiger partial charge in [-0.05, 0) is 35.4 Å². The first-order chi connectivity index (χ1) is 12.1. The van der Waals surface area contributed by atoms with Crippen molar-refractivity contribution in [2.24, 2.45) is 0 Å². The number of rotatable bonds is 6. The minimum atomic E-state index is -0.382. The van der Waals surface area contributed by atoms with E-state index in [0.29, 0.717) is 25.2 Å². The first kappa shape index (κ1) is 17.7. The summed E-state index contributed by atoms with van der Waals surface area (Å²) < 4.78 is 32.5. The second-order valence-corrected chi connectivity index (χ2v) is 6.23. The van der Waals surface area contributed by atoms with E-state index in [-0.39, 0.29) is 17.7 Å². The number of ketones is 1. The number of hydrogen-bond acceptors (Lipinski definition) is 3. The lowest BCUT2D eigenvalue weighted by atomic mass is 10.0. The maximum atomic E-state index is 13.2. The van der Waals surface area contributed by atoms with Gasteiger partial charge in [0.25, 0.3) is 0 Å². The van der Waals surface area contributed by atoms with E-state index in [4.69, 9.17) is 4.74 Å². The number of Topliss-reactive ketones (excluding diaryl/α,β-unsaturated/α-hetero) is 1. The second kappa shape index (κ2) is 8.32. The van der Waals surface area contributed by atoms with E-state index in [1.165, 1.54) is 24.3 Å². The summed E-state index contributed by atoms with van der Waals surface area (Å²) in [5, 5.41) is 0. The first-order valence-corrected chi connectivity index (χ1v) is 8.48. The van der Waals surface area contributed by atoms with Crippen molar-refractivity contribution < 1.29 is 18.3 Å². The number of carbonyl (C=O) groups is 1. The minimum absolute atomic E-state index is 0.306. The highest BCUT2D eigenvalue weighted by Crippen LogP contribution is 2.26. The van der Waals surface area contributed by atoms with Crippen LogP contribution in [0.5, 0.6) is 0 Å². The van der Waals surface area contributed by atoms with E-state index in [1.54, 1.807) is 24.3 Å². The predicted octanol–water partition coefficient (Wildman–Crippen LogP) is 3.74. The summed E-state index contributed by atoms with van der Waals surface area (Å²) >= 11 is 0. The summed E-state index contributed by atoms with van der Waals surface area (Å²) in [7, 11) is 0. The Bertz CT molecular complexity index is 645. The van der Waals surface area contributed by atoms with Crippen LogP contribution >= 0.6 is 0 Å². The largest absolute Gasteiger partial charge is 0.367 e. The standard InChI is InChI=1S/C20H21F2NO2/c21-17-5-1-15(2-6-17)20(16-3-7-18(22)8-4-16)25-14-13-23-11-9-19(24)10-12-23/h1-8,20H,9-14H2. The molecule has 0 aromatic heterocycles. The van der Waals surface area contributed by atoms with Gasteiger partial charge in [-0.15, -0.1) is 0 Å². The molecule has 1 aliphatic heterocycles. The van der Waals surface area contributed by atoms with Gasteiger partial charge >= 0.3 is 0 Å². The molecule has 3 rings (SSSR count). The number of hydrogen-bond donors (Lipinski definition) is 0. The van der Waals surface area contributed by atoms with Crippen LogP contribution in [-0.2, 0) is 9.53 Å². The third kappa shape index (κ3) is 4.94. The molecule has 0 bridgehead atoms. The lowest BCUT2D eigenvalue weighted by Gasteiger charge is -2.27. The van der Waals surface area contributed by atoms with E-state index in [1.807, 2.05) is 0 Å². The maximum absolute atomic E-state index is 13.2. The molecular formula is C20H21F2NO2. The normalized spacial score (nSPS) is 15.7. The highest BCUT2D eigenvalue weighted by atomic mass is 19.1. The van der Waals surface area contributed by atoms with Crippen molar-refractivity contribution in [2.75, 3.05) is 26.2 Å². The molecule has 1 fully saturated rings. The zero-order valence-electron chi connectivity index (χ0n) is 14.0. The van der Waals surface area contributed by atoms with Crippen molar-refractivity contribution in [1.29, 1.82) is 0 Å². The Hall–Kier alpha value is -2.11. The molecule has 0 amide bonds. The van der Waals surface area contributed by atoms with Crippen LogP contribution in [0.1, 0.15) is 30.1 Å².